The molecule has 1 aromatic carbocycles. The quantitative estimate of drug-likeness (QED) is 0.844. The van der Waals surface area contributed by atoms with Crippen LogP contribution < -0.4 is 5.32 Å². The van der Waals surface area contributed by atoms with E-state index in [9.17, 15) is 4.79 Å². The van der Waals surface area contributed by atoms with Crippen LogP contribution in [0.3, 0.4) is 0 Å². The number of ketones is 1. The molecule has 1 unspecified atom stereocenters. The smallest absolute Gasteiger partial charge is 0.159 e. The van der Waals surface area contributed by atoms with Gasteiger partial charge >= 0.3 is 0 Å². The van der Waals surface area contributed by atoms with Crippen LogP contribution in [0.4, 0.5) is 5.69 Å². The highest BCUT2D eigenvalue weighted by atomic mass is 16.5. The van der Waals surface area contributed by atoms with E-state index in [1.54, 1.807) is 6.92 Å². The van der Waals surface area contributed by atoms with E-state index < -0.39 is 0 Å². The molecule has 3 heteroatoms. The van der Waals surface area contributed by atoms with Crippen molar-refractivity contribution in [2.75, 3.05) is 11.9 Å². The van der Waals surface area contributed by atoms with Crippen molar-refractivity contribution in [2.24, 2.45) is 0 Å². The average Bonchev–Trinajstić information content (AvgIpc) is 2.31. The molecule has 3 nitrogen and oxygen atoms in total. The molecular weight excluding hydrogens is 202 g/mol. The van der Waals surface area contributed by atoms with E-state index >= 15 is 0 Å². The van der Waals surface area contributed by atoms with Crippen molar-refractivity contribution >= 4 is 11.5 Å². The minimum atomic E-state index is -0.311. The monoisotopic (exact) mass is 217 g/mol. The van der Waals surface area contributed by atoms with Crippen LogP contribution in [-0.2, 0) is 9.53 Å². The first-order valence-electron chi connectivity index (χ1n) is 5.41. The number of benzene rings is 1. The summed E-state index contributed by atoms with van der Waals surface area (Å²) >= 11 is 0. The second kappa shape index (κ2) is 4.94. The van der Waals surface area contributed by atoms with Crippen molar-refractivity contribution in [3.63, 3.8) is 0 Å². The van der Waals surface area contributed by atoms with Gasteiger partial charge in [-0.3, -0.25) is 4.79 Å². The van der Waals surface area contributed by atoms with Gasteiger partial charge in [-0.05, 0) is 25.5 Å². The summed E-state index contributed by atoms with van der Waals surface area (Å²) in [7, 11) is 0. The third kappa shape index (κ3) is 2.49. The highest BCUT2D eigenvalue weighted by Gasteiger charge is 2.21. The van der Waals surface area contributed by atoms with Crippen LogP contribution in [0.1, 0.15) is 13.3 Å². The van der Waals surface area contributed by atoms with Crippen LogP contribution in [0.5, 0.6) is 0 Å². The van der Waals surface area contributed by atoms with Gasteiger partial charge in [0.1, 0.15) is 0 Å². The maximum atomic E-state index is 11.4. The molecule has 1 atom stereocenters. The maximum absolute atomic E-state index is 11.4. The molecular formula is C13H15NO2. The molecule has 0 aliphatic carbocycles. The Morgan fingerprint density at radius 3 is 2.81 bits per heavy atom. The molecule has 16 heavy (non-hydrogen) atoms. The fourth-order valence-electron chi connectivity index (χ4n) is 1.73. The molecule has 0 saturated heterocycles. The number of hydrogen-bond donors (Lipinski definition) is 1. The fourth-order valence-corrected chi connectivity index (χ4v) is 1.73. The molecule has 0 bridgehead atoms. The Bertz CT molecular complexity index is 398. The molecule has 84 valence electrons. The van der Waals surface area contributed by atoms with Crippen LogP contribution >= 0.6 is 0 Å². The summed E-state index contributed by atoms with van der Waals surface area (Å²) in [5.41, 5.74) is 1.68. The van der Waals surface area contributed by atoms with E-state index in [4.69, 9.17) is 4.74 Å². The van der Waals surface area contributed by atoms with Crippen LogP contribution in [0, 0.1) is 0 Å². The largest absolute Gasteiger partial charge is 0.356 e. The maximum Gasteiger partial charge on any atom is 0.159 e. The number of hydrogen-bond acceptors (Lipinski definition) is 3. The first-order chi connectivity index (χ1) is 7.77. The standard InChI is InChI=1S/C13H15NO2/c1-10(15)12-8-5-9-16-13(12)14-11-6-3-2-4-7-11/h2-4,6-8,13-14H,5,9H2,1H3. The van der Waals surface area contributed by atoms with E-state index in [-0.39, 0.29) is 12.0 Å². The van der Waals surface area contributed by atoms with Gasteiger partial charge in [-0.2, -0.15) is 0 Å². The first-order valence-corrected chi connectivity index (χ1v) is 5.41. The normalized spacial score (nSPS) is 20.1. The molecule has 0 saturated carbocycles. The Labute approximate surface area is 95.1 Å². The zero-order chi connectivity index (χ0) is 11.4. The Hall–Kier alpha value is -1.61. The predicted octanol–water partition coefficient (Wildman–Crippen LogP) is 2.36. The molecule has 2 rings (SSSR count). The van der Waals surface area contributed by atoms with Gasteiger partial charge < -0.3 is 10.1 Å². The summed E-state index contributed by atoms with van der Waals surface area (Å²) in [6.07, 6.45) is 2.45. The molecule has 1 aromatic rings. The SMILES string of the molecule is CC(=O)C1=CCCOC1Nc1ccccc1. The van der Waals surface area contributed by atoms with Crippen LogP contribution in [0.2, 0.25) is 0 Å². The van der Waals surface area contributed by atoms with Crippen LogP contribution in [0.25, 0.3) is 0 Å². The molecule has 1 aliphatic rings. The summed E-state index contributed by atoms with van der Waals surface area (Å²) < 4.78 is 5.56. The van der Waals surface area contributed by atoms with Crippen molar-refractivity contribution < 1.29 is 9.53 Å². The summed E-state index contributed by atoms with van der Waals surface area (Å²) in [5, 5.41) is 3.20. The second-order valence-electron chi connectivity index (χ2n) is 3.77. The number of carbonyl (C=O) groups excluding carboxylic acids is 1. The number of anilines is 1. The lowest BCUT2D eigenvalue weighted by Crippen LogP contribution is -2.31. The number of carbonyl (C=O) groups is 1. The molecule has 0 aromatic heterocycles. The van der Waals surface area contributed by atoms with Crippen LogP contribution in [0.15, 0.2) is 42.0 Å². The van der Waals surface area contributed by atoms with Crippen molar-refractivity contribution in [2.45, 2.75) is 19.6 Å². The highest BCUT2D eigenvalue weighted by Crippen LogP contribution is 2.18. The number of para-hydroxylation sites is 1. The van der Waals surface area contributed by atoms with Crippen molar-refractivity contribution in [3.05, 3.63) is 42.0 Å². The Morgan fingerprint density at radius 2 is 2.12 bits per heavy atom. The third-order valence-corrected chi connectivity index (χ3v) is 2.53. The second-order valence-corrected chi connectivity index (χ2v) is 3.77. The van der Waals surface area contributed by atoms with Crippen molar-refractivity contribution in [3.8, 4) is 0 Å². The minimum Gasteiger partial charge on any atom is -0.356 e. The van der Waals surface area contributed by atoms with E-state index in [0.29, 0.717) is 6.61 Å². The Balaban J connectivity index is 2.12. The number of nitrogens with one attached hydrogen (secondary N) is 1. The van der Waals surface area contributed by atoms with Crippen molar-refractivity contribution in [1.82, 2.24) is 0 Å². The highest BCUT2D eigenvalue weighted by molar-refractivity contribution is 5.94. The first kappa shape index (κ1) is 10.9. The van der Waals surface area contributed by atoms with E-state index in [1.807, 2.05) is 36.4 Å². The summed E-state index contributed by atoms with van der Waals surface area (Å²) in [6, 6.07) is 9.75. The lowest BCUT2D eigenvalue weighted by Gasteiger charge is -2.25. The minimum absolute atomic E-state index is 0.0631. The fraction of sp³-hybridized carbons (Fsp3) is 0.308. The van der Waals surface area contributed by atoms with Gasteiger partial charge in [0, 0.05) is 11.3 Å². The lowest BCUT2D eigenvalue weighted by atomic mass is 10.1. The average molecular weight is 217 g/mol. The topological polar surface area (TPSA) is 38.3 Å². The summed E-state index contributed by atoms with van der Waals surface area (Å²) in [4.78, 5) is 11.4. The molecule has 0 amide bonds. The molecule has 0 fully saturated rings. The van der Waals surface area contributed by atoms with Gasteiger partial charge in [0.05, 0.1) is 6.61 Å². The predicted molar refractivity (Wildman–Crippen MR) is 63.2 cm³/mol. The van der Waals surface area contributed by atoms with Gasteiger partial charge in [0.25, 0.3) is 0 Å². The summed E-state index contributed by atoms with van der Waals surface area (Å²) in [6.45, 7) is 2.22. The molecule has 1 aliphatic heterocycles. The molecule has 0 radical (unpaired) electrons. The van der Waals surface area contributed by atoms with Gasteiger partial charge in [0.2, 0.25) is 0 Å². The Morgan fingerprint density at radius 1 is 1.38 bits per heavy atom. The van der Waals surface area contributed by atoms with E-state index in [1.165, 1.54) is 0 Å². The number of Topliss-reactive ketones (excluding diaryl/α,β-unsaturated/α-hetero) is 1. The lowest BCUT2D eigenvalue weighted by molar-refractivity contribution is -0.115. The zero-order valence-corrected chi connectivity index (χ0v) is 9.27. The Kier molecular flexibility index (Phi) is 3.37. The zero-order valence-electron chi connectivity index (χ0n) is 9.27. The van der Waals surface area contributed by atoms with Crippen LogP contribution in [-0.4, -0.2) is 18.6 Å². The van der Waals surface area contributed by atoms with E-state index in [0.717, 1.165) is 17.7 Å². The van der Waals surface area contributed by atoms with Gasteiger partial charge in [0.15, 0.2) is 12.0 Å². The number of ether oxygens (including phenoxy) is 1. The molecule has 1 N–H and O–H groups in total. The summed E-state index contributed by atoms with van der Waals surface area (Å²) in [5.74, 6) is 0.0631. The van der Waals surface area contributed by atoms with Gasteiger partial charge in [-0.1, -0.05) is 24.3 Å². The van der Waals surface area contributed by atoms with E-state index in [2.05, 4.69) is 5.32 Å². The number of rotatable bonds is 3. The molecule has 1 heterocycles. The van der Waals surface area contributed by atoms with Gasteiger partial charge in [-0.15, -0.1) is 0 Å². The molecule has 0 spiro atoms. The van der Waals surface area contributed by atoms with Gasteiger partial charge in [-0.25, -0.2) is 0 Å². The third-order valence-electron chi connectivity index (χ3n) is 2.53. The van der Waals surface area contributed by atoms with Crippen molar-refractivity contribution in [1.29, 1.82) is 0 Å².